The van der Waals surface area contributed by atoms with Gasteiger partial charge in [0.2, 0.25) is 0 Å². The van der Waals surface area contributed by atoms with Gasteiger partial charge in [-0.3, -0.25) is 4.79 Å². The summed E-state index contributed by atoms with van der Waals surface area (Å²) in [5.74, 6) is 1.19. The molecule has 0 amide bonds. The molecular formula is C17H26O2. The average Bonchev–Trinajstić information content (AvgIpc) is 2.34. The van der Waals surface area contributed by atoms with Gasteiger partial charge in [0.05, 0.1) is 0 Å². The number of hydrogen-bond donors (Lipinski definition) is 0. The quantitative estimate of drug-likeness (QED) is 0.383. The molecule has 0 heterocycles. The molecule has 0 aliphatic carbocycles. The third-order valence-corrected chi connectivity index (χ3v) is 3.18. The molecule has 1 aromatic carbocycles. The van der Waals surface area contributed by atoms with Crippen molar-refractivity contribution in [2.75, 3.05) is 0 Å². The Morgan fingerprint density at radius 1 is 1.05 bits per heavy atom. The molecule has 1 aromatic rings. The Bertz CT molecular complexity index is 365. The second kappa shape index (κ2) is 8.73. The summed E-state index contributed by atoms with van der Waals surface area (Å²) in [5, 5.41) is 0. The number of carbonyl (C=O) groups is 1. The van der Waals surface area contributed by atoms with Crippen LogP contribution in [0.25, 0.3) is 0 Å². The summed E-state index contributed by atoms with van der Waals surface area (Å²) in [4.78, 5) is 10.8. The molecule has 106 valence electrons. The Hall–Kier alpha value is -1.31. The maximum atomic E-state index is 10.8. The average molecular weight is 262 g/mol. The lowest BCUT2D eigenvalue weighted by Crippen LogP contribution is -2.01. The topological polar surface area (TPSA) is 26.3 Å². The summed E-state index contributed by atoms with van der Waals surface area (Å²) < 4.78 is 5.01. The zero-order valence-electron chi connectivity index (χ0n) is 12.4. The molecule has 2 heteroatoms. The molecule has 0 atom stereocenters. The minimum absolute atomic E-state index is 0.266. The first-order chi connectivity index (χ1) is 9.08. The number of ether oxygens (including phenoxy) is 1. The minimum Gasteiger partial charge on any atom is -0.427 e. The highest BCUT2D eigenvalue weighted by atomic mass is 16.5. The predicted molar refractivity (Wildman–Crippen MR) is 79.4 cm³/mol. The van der Waals surface area contributed by atoms with Crippen molar-refractivity contribution in [2.45, 2.75) is 59.3 Å². The van der Waals surface area contributed by atoms with Crippen molar-refractivity contribution in [1.29, 1.82) is 0 Å². The molecule has 19 heavy (non-hydrogen) atoms. The fraction of sp³-hybridized carbons (Fsp3) is 0.588. The number of benzene rings is 1. The summed E-state index contributed by atoms with van der Waals surface area (Å²) >= 11 is 0. The smallest absolute Gasteiger partial charge is 0.308 e. The van der Waals surface area contributed by atoms with Crippen LogP contribution in [0, 0.1) is 5.92 Å². The Labute approximate surface area is 117 Å². The van der Waals surface area contributed by atoms with E-state index < -0.39 is 0 Å². The van der Waals surface area contributed by atoms with Gasteiger partial charge < -0.3 is 4.74 Å². The maximum Gasteiger partial charge on any atom is 0.308 e. The normalized spacial score (nSPS) is 10.7. The Balaban J connectivity index is 2.17. The molecule has 0 radical (unpaired) electrons. The van der Waals surface area contributed by atoms with E-state index in [0.717, 1.165) is 12.3 Å². The van der Waals surface area contributed by atoms with Crippen molar-refractivity contribution in [3.05, 3.63) is 29.8 Å². The molecule has 0 fully saturated rings. The van der Waals surface area contributed by atoms with Crippen LogP contribution in [0.15, 0.2) is 24.3 Å². The van der Waals surface area contributed by atoms with Crippen LogP contribution >= 0.6 is 0 Å². The predicted octanol–water partition coefficient (Wildman–Crippen LogP) is 4.76. The van der Waals surface area contributed by atoms with E-state index >= 15 is 0 Å². The van der Waals surface area contributed by atoms with E-state index in [4.69, 9.17) is 4.74 Å². The molecule has 0 aliphatic rings. The lowest BCUT2D eigenvalue weighted by molar-refractivity contribution is -0.131. The summed E-state index contributed by atoms with van der Waals surface area (Å²) in [6, 6.07) is 7.84. The van der Waals surface area contributed by atoms with Crippen LogP contribution in [0.5, 0.6) is 5.75 Å². The minimum atomic E-state index is -0.266. The molecule has 0 unspecified atom stereocenters. The Kier molecular flexibility index (Phi) is 7.24. The van der Waals surface area contributed by atoms with E-state index in [1.165, 1.54) is 44.6 Å². The third kappa shape index (κ3) is 7.66. The van der Waals surface area contributed by atoms with Gasteiger partial charge in [0.15, 0.2) is 0 Å². The molecule has 0 saturated carbocycles. The fourth-order valence-electron chi connectivity index (χ4n) is 2.13. The summed E-state index contributed by atoms with van der Waals surface area (Å²) in [5.41, 5.74) is 1.32. The van der Waals surface area contributed by atoms with Crippen LogP contribution in [-0.4, -0.2) is 5.97 Å². The highest BCUT2D eigenvalue weighted by Gasteiger charge is 1.99. The molecule has 0 saturated heterocycles. The van der Waals surface area contributed by atoms with Crippen LogP contribution in [0.3, 0.4) is 0 Å². The lowest BCUT2D eigenvalue weighted by Gasteiger charge is -2.05. The molecule has 1 rings (SSSR count). The van der Waals surface area contributed by atoms with Crippen LogP contribution in [-0.2, 0) is 11.2 Å². The third-order valence-electron chi connectivity index (χ3n) is 3.18. The van der Waals surface area contributed by atoms with Crippen molar-refractivity contribution in [2.24, 2.45) is 5.92 Å². The Morgan fingerprint density at radius 2 is 1.68 bits per heavy atom. The van der Waals surface area contributed by atoms with E-state index in [1.54, 1.807) is 0 Å². The fourth-order valence-corrected chi connectivity index (χ4v) is 2.13. The number of unbranched alkanes of at least 4 members (excludes halogenated alkanes) is 3. The molecule has 0 aliphatic heterocycles. The first-order valence-corrected chi connectivity index (χ1v) is 7.35. The van der Waals surface area contributed by atoms with Crippen LogP contribution in [0.4, 0.5) is 0 Å². The zero-order valence-corrected chi connectivity index (χ0v) is 12.4. The highest BCUT2D eigenvalue weighted by Crippen LogP contribution is 2.15. The summed E-state index contributed by atoms with van der Waals surface area (Å²) in [7, 11) is 0. The standard InChI is InChI=1S/C17H26O2/c1-14(2)8-6-4-5-7-9-16-10-12-17(13-11-16)19-15(3)18/h10-14H,4-9H2,1-3H3. The van der Waals surface area contributed by atoms with E-state index in [-0.39, 0.29) is 5.97 Å². The lowest BCUT2D eigenvalue weighted by atomic mass is 10.0. The number of rotatable bonds is 8. The Morgan fingerprint density at radius 3 is 2.26 bits per heavy atom. The van der Waals surface area contributed by atoms with Gasteiger partial charge in [0, 0.05) is 6.92 Å². The van der Waals surface area contributed by atoms with Gasteiger partial charge in [-0.2, -0.15) is 0 Å². The van der Waals surface area contributed by atoms with Crippen molar-refractivity contribution in [1.82, 2.24) is 0 Å². The monoisotopic (exact) mass is 262 g/mol. The first kappa shape index (κ1) is 15.7. The largest absolute Gasteiger partial charge is 0.427 e. The SMILES string of the molecule is CC(=O)Oc1ccc(CCCCCCC(C)C)cc1. The molecule has 0 N–H and O–H groups in total. The van der Waals surface area contributed by atoms with Gasteiger partial charge in [0.25, 0.3) is 0 Å². The highest BCUT2D eigenvalue weighted by molar-refractivity contribution is 5.69. The van der Waals surface area contributed by atoms with Crippen molar-refractivity contribution >= 4 is 5.97 Å². The second-order valence-corrected chi connectivity index (χ2v) is 5.58. The molecule has 0 spiro atoms. The molecule has 0 aromatic heterocycles. The van der Waals surface area contributed by atoms with Gasteiger partial charge in [-0.05, 0) is 36.5 Å². The van der Waals surface area contributed by atoms with E-state index in [0.29, 0.717) is 5.75 Å². The van der Waals surface area contributed by atoms with Crippen molar-refractivity contribution in [3.63, 3.8) is 0 Å². The van der Waals surface area contributed by atoms with Gasteiger partial charge in [-0.25, -0.2) is 0 Å². The van der Waals surface area contributed by atoms with E-state index in [9.17, 15) is 4.79 Å². The van der Waals surface area contributed by atoms with Crippen molar-refractivity contribution in [3.8, 4) is 5.75 Å². The van der Waals surface area contributed by atoms with Crippen LogP contribution < -0.4 is 4.74 Å². The molecular weight excluding hydrogens is 236 g/mol. The number of esters is 1. The molecule has 2 nitrogen and oxygen atoms in total. The number of aryl methyl sites for hydroxylation is 1. The van der Waals surface area contributed by atoms with Gasteiger partial charge in [-0.15, -0.1) is 0 Å². The molecule has 0 bridgehead atoms. The van der Waals surface area contributed by atoms with E-state index in [1.807, 2.05) is 24.3 Å². The second-order valence-electron chi connectivity index (χ2n) is 5.58. The number of carbonyl (C=O) groups excluding carboxylic acids is 1. The first-order valence-electron chi connectivity index (χ1n) is 7.35. The number of hydrogen-bond acceptors (Lipinski definition) is 2. The van der Waals surface area contributed by atoms with Gasteiger partial charge in [-0.1, -0.05) is 51.7 Å². The summed E-state index contributed by atoms with van der Waals surface area (Å²) in [6.45, 7) is 5.99. The van der Waals surface area contributed by atoms with Gasteiger partial charge in [0.1, 0.15) is 5.75 Å². The van der Waals surface area contributed by atoms with Crippen LogP contribution in [0.2, 0.25) is 0 Å². The zero-order chi connectivity index (χ0) is 14.1. The van der Waals surface area contributed by atoms with Crippen LogP contribution in [0.1, 0.15) is 58.4 Å². The van der Waals surface area contributed by atoms with Gasteiger partial charge >= 0.3 is 5.97 Å². The summed E-state index contributed by atoms with van der Waals surface area (Å²) in [6.07, 6.45) is 7.69. The van der Waals surface area contributed by atoms with E-state index in [2.05, 4.69) is 13.8 Å². The maximum absolute atomic E-state index is 10.8. The van der Waals surface area contributed by atoms with Crippen molar-refractivity contribution < 1.29 is 9.53 Å².